The number of hydrogen-bond acceptors (Lipinski definition) is 5. The summed E-state index contributed by atoms with van der Waals surface area (Å²) in [5.41, 5.74) is 0.147. The molecule has 0 saturated carbocycles. The van der Waals surface area contributed by atoms with Gasteiger partial charge in [-0.05, 0) is 28.7 Å². The van der Waals surface area contributed by atoms with Crippen LogP contribution in [0, 0.1) is 3.70 Å². The van der Waals surface area contributed by atoms with Gasteiger partial charge in [0.15, 0.2) is 5.75 Å². The van der Waals surface area contributed by atoms with E-state index in [1.807, 2.05) is 0 Å². The fourth-order valence-corrected chi connectivity index (χ4v) is 1.71. The minimum atomic E-state index is -4.83. The number of pyridine rings is 1. The lowest BCUT2D eigenvalue weighted by atomic mass is 10.2. The average Bonchev–Trinajstić information content (AvgIpc) is 2.31. The van der Waals surface area contributed by atoms with E-state index in [2.05, 4.69) is 14.5 Å². The van der Waals surface area contributed by atoms with Crippen molar-refractivity contribution in [1.82, 2.24) is 4.98 Å². The second-order valence-electron chi connectivity index (χ2n) is 3.25. The highest BCUT2D eigenvalue weighted by Gasteiger charge is 2.33. The highest BCUT2D eigenvalue weighted by atomic mass is 127. The Morgan fingerprint density at radius 3 is 2.53 bits per heavy atom. The first-order valence-corrected chi connectivity index (χ1v) is 5.90. The van der Waals surface area contributed by atoms with Crippen LogP contribution in [0.3, 0.4) is 0 Å². The Hall–Kier alpha value is -1.26. The Morgan fingerprint density at radius 1 is 1.42 bits per heavy atom. The molecule has 0 aliphatic carbocycles. The summed E-state index contributed by atoms with van der Waals surface area (Å²) >= 11 is 1.58. The molecule has 5 nitrogen and oxygen atoms in total. The second-order valence-corrected chi connectivity index (χ2v) is 4.27. The van der Waals surface area contributed by atoms with Gasteiger partial charge in [0.2, 0.25) is 5.88 Å². The molecule has 0 bridgehead atoms. The molecule has 0 aromatic carbocycles. The Bertz CT molecular complexity index is 479. The Labute approximate surface area is 120 Å². The van der Waals surface area contributed by atoms with Crippen LogP contribution in [0.4, 0.5) is 13.2 Å². The summed E-state index contributed by atoms with van der Waals surface area (Å²) in [5.74, 6) is -1.07. The number of nitrogens with zero attached hydrogens (tertiary/aromatic N) is 1. The van der Waals surface area contributed by atoms with Crippen LogP contribution in [0.5, 0.6) is 11.6 Å². The maximum atomic E-state index is 12.2. The number of methoxy groups -OCH3 is 2. The highest BCUT2D eigenvalue weighted by Crippen LogP contribution is 2.31. The number of aromatic nitrogens is 1. The molecule has 0 radical (unpaired) electrons. The van der Waals surface area contributed by atoms with Gasteiger partial charge in [-0.15, -0.1) is 13.2 Å². The van der Waals surface area contributed by atoms with E-state index in [1.54, 1.807) is 22.6 Å². The number of halogens is 4. The molecule has 1 rings (SSSR count). The van der Waals surface area contributed by atoms with Crippen molar-refractivity contribution < 1.29 is 32.2 Å². The maximum Gasteiger partial charge on any atom is 0.573 e. The molecule has 1 heterocycles. The van der Waals surface area contributed by atoms with Crippen molar-refractivity contribution in [1.29, 1.82) is 0 Å². The summed E-state index contributed by atoms with van der Waals surface area (Å²) in [6.45, 7) is 0. The third kappa shape index (κ3) is 4.73. The molecule has 0 amide bonds. The van der Waals surface area contributed by atoms with Crippen LogP contribution < -0.4 is 9.47 Å². The van der Waals surface area contributed by atoms with Gasteiger partial charge in [-0.3, -0.25) is 4.79 Å². The van der Waals surface area contributed by atoms with Gasteiger partial charge in [0.25, 0.3) is 0 Å². The molecule has 0 aliphatic rings. The lowest BCUT2D eigenvalue weighted by molar-refractivity contribution is -0.275. The lowest BCUT2D eigenvalue weighted by Gasteiger charge is -2.13. The fourth-order valence-electron chi connectivity index (χ4n) is 1.22. The molecular weight excluding hydrogens is 382 g/mol. The zero-order valence-electron chi connectivity index (χ0n) is 9.88. The lowest BCUT2D eigenvalue weighted by Crippen LogP contribution is -2.19. The van der Waals surface area contributed by atoms with Crippen LogP contribution in [-0.2, 0) is 16.0 Å². The van der Waals surface area contributed by atoms with Crippen molar-refractivity contribution in [3.63, 3.8) is 0 Å². The molecule has 0 unspecified atom stereocenters. The van der Waals surface area contributed by atoms with Gasteiger partial charge in [-0.1, -0.05) is 0 Å². The van der Waals surface area contributed by atoms with Crippen LogP contribution in [0.15, 0.2) is 6.07 Å². The van der Waals surface area contributed by atoms with Crippen molar-refractivity contribution in [3.8, 4) is 11.6 Å². The van der Waals surface area contributed by atoms with E-state index >= 15 is 0 Å². The van der Waals surface area contributed by atoms with E-state index in [0.717, 1.165) is 6.07 Å². The number of carbonyl (C=O) groups is 1. The molecule has 1 aromatic rings. The van der Waals surface area contributed by atoms with Crippen molar-refractivity contribution in [3.05, 3.63) is 15.3 Å². The number of alkyl halides is 3. The van der Waals surface area contributed by atoms with Gasteiger partial charge >= 0.3 is 12.3 Å². The monoisotopic (exact) mass is 391 g/mol. The molecule has 106 valence electrons. The zero-order valence-corrected chi connectivity index (χ0v) is 12.0. The van der Waals surface area contributed by atoms with Crippen molar-refractivity contribution in [2.24, 2.45) is 0 Å². The third-order valence-electron chi connectivity index (χ3n) is 1.96. The zero-order chi connectivity index (χ0) is 14.6. The normalized spacial score (nSPS) is 11.1. The molecule has 0 fully saturated rings. The predicted molar refractivity (Wildman–Crippen MR) is 65.9 cm³/mol. The standard InChI is InChI=1S/C10H9F3INO4/c1-17-7(16)4-5-3-6(19-10(11,12)13)8(14)15-9(5)18-2/h3H,4H2,1-2H3. The van der Waals surface area contributed by atoms with Crippen LogP contribution >= 0.6 is 22.6 Å². The molecule has 0 spiro atoms. The van der Waals surface area contributed by atoms with E-state index in [9.17, 15) is 18.0 Å². The summed E-state index contributed by atoms with van der Waals surface area (Å²) in [6.07, 6.45) is -5.10. The number of esters is 1. The largest absolute Gasteiger partial charge is 0.573 e. The van der Waals surface area contributed by atoms with Gasteiger partial charge in [-0.25, -0.2) is 4.98 Å². The van der Waals surface area contributed by atoms with E-state index in [-0.39, 0.29) is 21.6 Å². The summed E-state index contributed by atoms with van der Waals surface area (Å²) in [4.78, 5) is 15.0. The van der Waals surface area contributed by atoms with Gasteiger partial charge in [-0.2, -0.15) is 0 Å². The molecule has 0 saturated heterocycles. The number of carbonyl (C=O) groups excluding carboxylic acids is 1. The van der Waals surface area contributed by atoms with Crippen molar-refractivity contribution in [2.75, 3.05) is 14.2 Å². The van der Waals surface area contributed by atoms with Crippen LogP contribution in [0.2, 0.25) is 0 Å². The Morgan fingerprint density at radius 2 is 2.05 bits per heavy atom. The van der Waals surface area contributed by atoms with Crippen molar-refractivity contribution in [2.45, 2.75) is 12.8 Å². The van der Waals surface area contributed by atoms with Gasteiger partial charge in [0.1, 0.15) is 3.70 Å². The minimum absolute atomic E-state index is 0.0274. The predicted octanol–water partition coefficient (Wildman–Crippen LogP) is 2.31. The van der Waals surface area contributed by atoms with E-state index in [0.29, 0.717) is 0 Å². The van der Waals surface area contributed by atoms with E-state index < -0.39 is 18.1 Å². The summed E-state index contributed by atoms with van der Waals surface area (Å²) in [7, 11) is 2.46. The summed E-state index contributed by atoms with van der Waals surface area (Å²) < 4.78 is 49.7. The van der Waals surface area contributed by atoms with Gasteiger partial charge in [0.05, 0.1) is 20.6 Å². The molecule has 1 aromatic heterocycles. The Kier molecular flexibility index (Phi) is 5.20. The molecule has 19 heavy (non-hydrogen) atoms. The molecule has 0 N–H and O–H groups in total. The van der Waals surface area contributed by atoms with E-state index in [1.165, 1.54) is 14.2 Å². The van der Waals surface area contributed by atoms with Crippen LogP contribution in [0.1, 0.15) is 5.56 Å². The van der Waals surface area contributed by atoms with Gasteiger partial charge < -0.3 is 14.2 Å². The quantitative estimate of drug-likeness (QED) is 0.448. The first kappa shape index (κ1) is 15.8. The summed E-state index contributed by atoms with van der Waals surface area (Å²) in [5, 5.41) is 0. The smallest absolute Gasteiger partial charge is 0.481 e. The first-order chi connectivity index (χ1) is 8.76. The minimum Gasteiger partial charge on any atom is -0.481 e. The van der Waals surface area contributed by atoms with Crippen LogP contribution in [0.25, 0.3) is 0 Å². The van der Waals surface area contributed by atoms with Gasteiger partial charge in [0, 0.05) is 5.56 Å². The molecule has 0 atom stereocenters. The number of rotatable bonds is 4. The molecule has 9 heteroatoms. The van der Waals surface area contributed by atoms with Crippen molar-refractivity contribution >= 4 is 28.6 Å². The molecule has 0 aliphatic heterocycles. The summed E-state index contributed by atoms with van der Waals surface area (Å²) in [6, 6.07) is 1.05. The Balaban J connectivity index is 3.14. The maximum absolute atomic E-state index is 12.2. The van der Waals surface area contributed by atoms with Crippen LogP contribution in [-0.4, -0.2) is 31.5 Å². The number of ether oxygens (including phenoxy) is 3. The fraction of sp³-hybridized carbons (Fsp3) is 0.400. The average molecular weight is 391 g/mol. The first-order valence-electron chi connectivity index (χ1n) is 4.82. The SMILES string of the molecule is COC(=O)Cc1cc(OC(F)(F)F)c(I)nc1OC. The number of hydrogen-bond donors (Lipinski definition) is 0. The second kappa shape index (κ2) is 6.26. The highest BCUT2D eigenvalue weighted by molar-refractivity contribution is 14.1. The topological polar surface area (TPSA) is 57.7 Å². The van der Waals surface area contributed by atoms with E-state index in [4.69, 9.17) is 4.74 Å². The third-order valence-corrected chi connectivity index (χ3v) is 2.74. The molecular formula is C10H9F3INO4.